The van der Waals surface area contributed by atoms with Gasteiger partial charge in [-0.05, 0) is 24.6 Å². The van der Waals surface area contributed by atoms with Crippen LogP contribution in [0.25, 0.3) is 0 Å². The Morgan fingerprint density at radius 2 is 1.96 bits per heavy atom. The van der Waals surface area contributed by atoms with E-state index in [2.05, 4.69) is 4.99 Å². The van der Waals surface area contributed by atoms with Crippen LogP contribution >= 0.6 is 11.8 Å². The van der Waals surface area contributed by atoms with E-state index in [1.165, 1.54) is 17.8 Å². The highest BCUT2D eigenvalue weighted by molar-refractivity contribution is 8.13. The fourth-order valence-corrected chi connectivity index (χ4v) is 4.69. The molecule has 2 aliphatic heterocycles. The van der Waals surface area contributed by atoms with Gasteiger partial charge in [0.15, 0.2) is 5.17 Å². The van der Waals surface area contributed by atoms with Crippen LogP contribution < -0.4 is 10.5 Å². The lowest BCUT2D eigenvalue weighted by atomic mass is 9.75. The number of thioether (sulfide) groups is 1. The van der Waals surface area contributed by atoms with Gasteiger partial charge in [-0.2, -0.15) is 0 Å². The molecule has 136 valence electrons. The summed E-state index contributed by atoms with van der Waals surface area (Å²) >= 11 is 1.53. The van der Waals surface area contributed by atoms with Crippen LogP contribution in [-0.2, 0) is 10.3 Å². The molecule has 26 heavy (non-hydrogen) atoms. The molecule has 0 saturated carbocycles. The Morgan fingerprint density at radius 3 is 2.77 bits per heavy atom. The summed E-state index contributed by atoms with van der Waals surface area (Å²) in [5.74, 6) is 1.51. The van der Waals surface area contributed by atoms with Gasteiger partial charge in [-0.3, -0.25) is 0 Å². The molecule has 3 atom stereocenters. The second kappa shape index (κ2) is 7.29. The number of para-hydroxylation sites is 1. The summed E-state index contributed by atoms with van der Waals surface area (Å²) in [5.41, 5.74) is 5.81. The predicted molar refractivity (Wildman–Crippen MR) is 102 cm³/mol. The molecule has 0 aromatic heterocycles. The fourth-order valence-electron chi connectivity index (χ4n) is 3.68. The fraction of sp³-hybridized carbons (Fsp3) is 0.350. The van der Waals surface area contributed by atoms with E-state index in [-0.39, 0.29) is 17.8 Å². The van der Waals surface area contributed by atoms with Gasteiger partial charge < -0.3 is 15.2 Å². The molecule has 2 heterocycles. The number of halogens is 1. The van der Waals surface area contributed by atoms with Gasteiger partial charge in [-0.25, -0.2) is 9.38 Å². The highest BCUT2D eigenvalue weighted by Crippen LogP contribution is 2.46. The number of aliphatic imine (C=N–C) groups is 1. The monoisotopic (exact) mass is 372 g/mol. The van der Waals surface area contributed by atoms with Crippen molar-refractivity contribution in [2.45, 2.75) is 18.1 Å². The maximum absolute atomic E-state index is 14.5. The van der Waals surface area contributed by atoms with Crippen LogP contribution in [0.15, 0.2) is 59.6 Å². The molecule has 0 aliphatic carbocycles. The van der Waals surface area contributed by atoms with Crippen molar-refractivity contribution < 1.29 is 13.9 Å². The Labute approximate surface area is 156 Å². The minimum atomic E-state index is -0.746. The zero-order valence-corrected chi connectivity index (χ0v) is 15.1. The van der Waals surface area contributed by atoms with Gasteiger partial charge in [0.1, 0.15) is 23.7 Å². The molecule has 6 heteroatoms. The third kappa shape index (κ3) is 3.31. The second-order valence-corrected chi connectivity index (χ2v) is 7.70. The summed E-state index contributed by atoms with van der Waals surface area (Å²) < 4.78 is 26.4. The Morgan fingerprint density at radius 1 is 1.19 bits per heavy atom. The first-order valence-corrected chi connectivity index (χ1v) is 9.68. The summed E-state index contributed by atoms with van der Waals surface area (Å²) in [5, 5.41) is 0.493. The van der Waals surface area contributed by atoms with E-state index in [1.54, 1.807) is 12.1 Å². The number of hydrogen-bond acceptors (Lipinski definition) is 5. The number of benzene rings is 2. The number of ether oxygens (including phenoxy) is 2. The van der Waals surface area contributed by atoms with Crippen LogP contribution in [0.3, 0.4) is 0 Å². The van der Waals surface area contributed by atoms with Gasteiger partial charge >= 0.3 is 0 Å². The number of amidine groups is 1. The van der Waals surface area contributed by atoms with Gasteiger partial charge in [-0.15, -0.1) is 0 Å². The Kier molecular flexibility index (Phi) is 4.87. The molecule has 2 aliphatic rings. The Hall–Kier alpha value is -2.05. The van der Waals surface area contributed by atoms with E-state index in [1.807, 2.05) is 36.4 Å². The average Bonchev–Trinajstić information content (AvgIpc) is 2.67. The largest absolute Gasteiger partial charge is 0.491 e. The third-order valence-electron chi connectivity index (χ3n) is 5.02. The van der Waals surface area contributed by atoms with Crippen LogP contribution in [0, 0.1) is 11.7 Å². The molecule has 1 saturated heterocycles. The molecule has 0 unspecified atom stereocenters. The molecule has 4 rings (SSSR count). The lowest BCUT2D eigenvalue weighted by molar-refractivity contribution is -0.0730. The standard InChI is InChI=1S/C20H21FN2O2S/c21-18-9-5-4-8-17(18)20-13-25-16(10-14(20)12-26-19(22)23-20)11-24-15-6-2-1-3-7-15/h1-9,14,16H,10-13H2,(H2,22,23)/t14-,16+,20-/m0/s1. The third-order valence-corrected chi connectivity index (χ3v) is 5.98. The molecule has 1 fully saturated rings. The number of fused-ring (bicyclic) bond motifs is 1. The van der Waals surface area contributed by atoms with Gasteiger partial charge in [0.05, 0.1) is 12.7 Å². The molecule has 0 bridgehead atoms. The van der Waals surface area contributed by atoms with E-state index in [0.717, 1.165) is 17.9 Å². The van der Waals surface area contributed by atoms with Crippen molar-refractivity contribution >= 4 is 16.9 Å². The zero-order chi connectivity index (χ0) is 18.0. The predicted octanol–water partition coefficient (Wildman–Crippen LogP) is 3.57. The maximum atomic E-state index is 14.5. The van der Waals surface area contributed by atoms with Crippen LogP contribution in [0.2, 0.25) is 0 Å². The molecule has 0 amide bonds. The Balaban J connectivity index is 1.54. The highest BCUT2D eigenvalue weighted by atomic mass is 32.2. The average molecular weight is 372 g/mol. The SMILES string of the molecule is NC1=N[C@@]2(c3ccccc3F)CO[C@@H](COc3ccccc3)C[C@H]2CS1. The van der Waals surface area contributed by atoms with Crippen molar-refractivity contribution in [1.82, 2.24) is 0 Å². The maximum Gasteiger partial charge on any atom is 0.154 e. The molecular weight excluding hydrogens is 351 g/mol. The van der Waals surface area contributed by atoms with Gasteiger partial charge in [-0.1, -0.05) is 48.2 Å². The molecule has 2 N–H and O–H groups in total. The van der Waals surface area contributed by atoms with Gasteiger partial charge in [0, 0.05) is 17.2 Å². The summed E-state index contributed by atoms with van der Waals surface area (Å²) in [7, 11) is 0. The van der Waals surface area contributed by atoms with E-state index in [0.29, 0.717) is 23.9 Å². The minimum absolute atomic E-state index is 0.0461. The van der Waals surface area contributed by atoms with Crippen molar-refractivity contribution in [2.75, 3.05) is 19.0 Å². The van der Waals surface area contributed by atoms with Crippen LogP contribution in [0.5, 0.6) is 5.75 Å². The van der Waals surface area contributed by atoms with E-state index in [4.69, 9.17) is 15.2 Å². The lowest BCUT2D eigenvalue weighted by Crippen LogP contribution is -2.51. The van der Waals surface area contributed by atoms with Crippen molar-refractivity contribution in [3.8, 4) is 5.75 Å². The summed E-state index contributed by atoms with van der Waals surface area (Å²) in [6.07, 6.45) is 0.709. The van der Waals surface area contributed by atoms with Crippen LogP contribution in [0.4, 0.5) is 4.39 Å². The normalized spacial score (nSPS) is 28.1. The number of nitrogens with zero attached hydrogens (tertiary/aromatic N) is 1. The van der Waals surface area contributed by atoms with Crippen molar-refractivity contribution in [3.05, 3.63) is 66.0 Å². The molecular formula is C20H21FN2O2S. The van der Waals surface area contributed by atoms with Crippen LogP contribution in [-0.4, -0.2) is 30.2 Å². The van der Waals surface area contributed by atoms with Gasteiger partial charge in [0.25, 0.3) is 0 Å². The first-order chi connectivity index (χ1) is 12.7. The lowest BCUT2D eigenvalue weighted by Gasteiger charge is -2.46. The van der Waals surface area contributed by atoms with E-state index in [9.17, 15) is 4.39 Å². The topological polar surface area (TPSA) is 56.8 Å². The first kappa shape index (κ1) is 17.4. The second-order valence-electron chi connectivity index (χ2n) is 6.65. The summed E-state index contributed by atoms with van der Waals surface area (Å²) in [4.78, 5) is 4.67. The summed E-state index contributed by atoms with van der Waals surface area (Å²) in [6, 6.07) is 16.5. The van der Waals surface area contributed by atoms with E-state index < -0.39 is 5.54 Å². The van der Waals surface area contributed by atoms with Crippen molar-refractivity contribution in [2.24, 2.45) is 16.6 Å². The molecule has 0 radical (unpaired) electrons. The van der Waals surface area contributed by atoms with Gasteiger partial charge in [0.2, 0.25) is 0 Å². The number of nitrogens with two attached hydrogens (primary N) is 1. The van der Waals surface area contributed by atoms with Crippen molar-refractivity contribution in [1.29, 1.82) is 0 Å². The molecule has 0 spiro atoms. The Bertz CT molecular complexity index is 801. The molecule has 2 aromatic carbocycles. The first-order valence-electron chi connectivity index (χ1n) is 8.70. The molecule has 2 aromatic rings. The zero-order valence-electron chi connectivity index (χ0n) is 14.3. The molecule has 4 nitrogen and oxygen atoms in total. The quantitative estimate of drug-likeness (QED) is 0.891. The number of rotatable bonds is 4. The minimum Gasteiger partial charge on any atom is -0.491 e. The smallest absolute Gasteiger partial charge is 0.154 e. The van der Waals surface area contributed by atoms with E-state index >= 15 is 0 Å². The van der Waals surface area contributed by atoms with Crippen LogP contribution in [0.1, 0.15) is 12.0 Å². The highest BCUT2D eigenvalue weighted by Gasteiger charge is 2.49. The summed E-state index contributed by atoms with van der Waals surface area (Å²) in [6.45, 7) is 0.778. The number of hydrogen-bond donors (Lipinski definition) is 1. The van der Waals surface area contributed by atoms with Crippen molar-refractivity contribution in [3.63, 3.8) is 0 Å².